The van der Waals surface area contributed by atoms with Crippen molar-refractivity contribution in [2.24, 2.45) is 0 Å². The molecular formula is C24H25NO. The molecule has 2 nitrogen and oxygen atoms in total. The van der Waals surface area contributed by atoms with Gasteiger partial charge in [0.2, 0.25) is 0 Å². The summed E-state index contributed by atoms with van der Waals surface area (Å²) in [5.41, 5.74) is 3.27. The first-order chi connectivity index (χ1) is 12.8. The van der Waals surface area contributed by atoms with Crippen molar-refractivity contribution in [1.82, 2.24) is 0 Å². The van der Waals surface area contributed by atoms with Crippen LogP contribution in [0.3, 0.4) is 0 Å². The zero-order valence-corrected chi connectivity index (χ0v) is 15.4. The molecule has 0 aliphatic carbocycles. The maximum atomic E-state index is 8.98. The molecule has 0 unspecified atom stereocenters. The van der Waals surface area contributed by atoms with E-state index in [-0.39, 0.29) is 0 Å². The number of benzene rings is 3. The van der Waals surface area contributed by atoms with Crippen LogP contribution in [-0.4, -0.2) is 0 Å². The fourth-order valence-electron chi connectivity index (χ4n) is 3.11. The molecule has 0 saturated carbocycles. The molecule has 0 saturated heterocycles. The Morgan fingerprint density at radius 3 is 2.31 bits per heavy atom. The zero-order chi connectivity index (χ0) is 18.2. The van der Waals surface area contributed by atoms with E-state index in [2.05, 4.69) is 37.3 Å². The summed E-state index contributed by atoms with van der Waals surface area (Å²) in [4.78, 5) is 0. The topological polar surface area (TPSA) is 33.0 Å². The molecule has 0 spiro atoms. The molecule has 2 heteroatoms. The minimum absolute atomic E-state index is 0.567. The van der Waals surface area contributed by atoms with Gasteiger partial charge in [-0.05, 0) is 59.0 Å². The second-order valence-corrected chi connectivity index (χ2v) is 6.75. The second-order valence-electron chi connectivity index (χ2n) is 6.75. The van der Waals surface area contributed by atoms with Crippen molar-refractivity contribution in [2.45, 2.75) is 45.6 Å². The average Bonchev–Trinajstić information content (AvgIpc) is 2.70. The monoisotopic (exact) mass is 343 g/mol. The molecule has 3 aromatic carbocycles. The van der Waals surface area contributed by atoms with Gasteiger partial charge in [0.1, 0.15) is 12.4 Å². The molecule has 3 aromatic rings. The number of unbranched alkanes of at least 4 members (excludes halogenated alkanes) is 3. The number of rotatable bonds is 8. The lowest BCUT2D eigenvalue weighted by atomic mass is 10.0. The Morgan fingerprint density at radius 1 is 0.808 bits per heavy atom. The molecule has 0 aliphatic rings. The first kappa shape index (κ1) is 18.0. The minimum atomic E-state index is 0.567. The van der Waals surface area contributed by atoms with Crippen molar-refractivity contribution in [1.29, 1.82) is 5.26 Å². The van der Waals surface area contributed by atoms with Crippen LogP contribution in [0, 0.1) is 11.3 Å². The van der Waals surface area contributed by atoms with Crippen LogP contribution in [0.1, 0.15) is 49.3 Å². The summed E-state index contributed by atoms with van der Waals surface area (Å²) in [6.07, 6.45) is 6.37. The predicted molar refractivity (Wildman–Crippen MR) is 107 cm³/mol. The molecule has 0 bridgehead atoms. The van der Waals surface area contributed by atoms with E-state index in [4.69, 9.17) is 10.00 Å². The number of aryl methyl sites for hydroxylation is 1. The van der Waals surface area contributed by atoms with Gasteiger partial charge in [0, 0.05) is 0 Å². The van der Waals surface area contributed by atoms with E-state index >= 15 is 0 Å². The third kappa shape index (κ3) is 4.86. The van der Waals surface area contributed by atoms with Gasteiger partial charge in [0.15, 0.2) is 0 Å². The summed E-state index contributed by atoms with van der Waals surface area (Å²) in [5.74, 6) is 0.853. The van der Waals surface area contributed by atoms with Gasteiger partial charge < -0.3 is 4.74 Å². The molecule has 3 rings (SSSR count). The molecule has 0 amide bonds. The number of hydrogen-bond donors (Lipinski definition) is 0. The lowest BCUT2D eigenvalue weighted by Gasteiger charge is -2.09. The second kappa shape index (κ2) is 9.06. The highest BCUT2D eigenvalue weighted by molar-refractivity contribution is 5.85. The largest absolute Gasteiger partial charge is 0.489 e. The van der Waals surface area contributed by atoms with E-state index in [0.29, 0.717) is 12.2 Å². The normalized spacial score (nSPS) is 10.6. The Kier molecular flexibility index (Phi) is 6.28. The van der Waals surface area contributed by atoms with Gasteiger partial charge in [-0.1, -0.05) is 62.6 Å². The Bertz CT molecular complexity index is 890. The van der Waals surface area contributed by atoms with Gasteiger partial charge in [0.25, 0.3) is 0 Å². The summed E-state index contributed by atoms with van der Waals surface area (Å²) in [6, 6.07) is 22.6. The minimum Gasteiger partial charge on any atom is -0.489 e. The average molecular weight is 343 g/mol. The summed E-state index contributed by atoms with van der Waals surface area (Å²) in [6.45, 7) is 2.81. The van der Waals surface area contributed by atoms with Crippen molar-refractivity contribution < 1.29 is 4.74 Å². The number of nitrogens with zero attached hydrogens (tertiary/aromatic N) is 1. The maximum absolute atomic E-state index is 8.98. The van der Waals surface area contributed by atoms with E-state index in [9.17, 15) is 0 Å². The fourth-order valence-corrected chi connectivity index (χ4v) is 3.11. The quantitative estimate of drug-likeness (QED) is 0.442. The highest BCUT2D eigenvalue weighted by Gasteiger charge is 2.01. The Morgan fingerprint density at radius 2 is 1.54 bits per heavy atom. The maximum Gasteiger partial charge on any atom is 0.120 e. The highest BCUT2D eigenvalue weighted by Crippen LogP contribution is 2.23. The molecule has 0 N–H and O–H groups in total. The van der Waals surface area contributed by atoms with E-state index in [1.54, 1.807) is 0 Å². The highest BCUT2D eigenvalue weighted by atomic mass is 16.5. The lowest BCUT2D eigenvalue weighted by molar-refractivity contribution is 0.306. The third-order valence-electron chi connectivity index (χ3n) is 4.69. The van der Waals surface area contributed by atoms with E-state index in [1.807, 2.05) is 36.4 Å². The number of fused-ring (bicyclic) bond motifs is 1. The van der Waals surface area contributed by atoms with Crippen LogP contribution in [0.4, 0.5) is 0 Å². The zero-order valence-electron chi connectivity index (χ0n) is 15.4. The molecule has 0 radical (unpaired) electrons. The molecule has 0 atom stereocenters. The molecule has 0 heterocycles. The lowest BCUT2D eigenvalue weighted by Crippen LogP contribution is -1.96. The SMILES string of the molecule is CCCCCCc1ccc(COc2ccc3cc(C#N)ccc3c2)cc1. The smallest absolute Gasteiger partial charge is 0.120 e. The summed E-state index contributed by atoms with van der Waals surface area (Å²) < 4.78 is 5.94. The van der Waals surface area contributed by atoms with Gasteiger partial charge in [-0.25, -0.2) is 0 Å². The van der Waals surface area contributed by atoms with E-state index in [0.717, 1.165) is 22.9 Å². The Hall–Kier alpha value is -2.79. The first-order valence-corrected chi connectivity index (χ1v) is 9.43. The van der Waals surface area contributed by atoms with Crippen LogP contribution in [0.5, 0.6) is 5.75 Å². The van der Waals surface area contributed by atoms with Crippen LogP contribution in [-0.2, 0) is 13.0 Å². The number of hydrogen-bond acceptors (Lipinski definition) is 2. The van der Waals surface area contributed by atoms with E-state index in [1.165, 1.54) is 36.8 Å². The summed E-state index contributed by atoms with van der Waals surface area (Å²) >= 11 is 0. The van der Waals surface area contributed by atoms with Gasteiger partial charge in [0.05, 0.1) is 11.6 Å². The standard InChI is InChI=1S/C24H25NO/c1-2-3-4-5-6-19-7-9-20(10-8-19)18-26-24-14-13-22-15-21(17-25)11-12-23(22)16-24/h7-16H,2-6,18H2,1H3. The fraction of sp³-hybridized carbons (Fsp3) is 0.292. The molecule has 132 valence electrons. The van der Waals surface area contributed by atoms with Crippen LogP contribution in [0.25, 0.3) is 10.8 Å². The van der Waals surface area contributed by atoms with Crippen LogP contribution in [0.15, 0.2) is 60.7 Å². The summed E-state index contributed by atoms with van der Waals surface area (Å²) in [7, 11) is 0. The van der Waals surface area contributed by atoms with Crippen molar-refractivity contribution in [2.75, 3.05) is 0 Å². The van der Waals surface area contributed by atoms with Gasteiger partial charge in [-0.2, -0.15) is 5.26 Å². The van der Waals surface area contributed by atoms with Crippen molar-refractivity contribution in [3.8, 4) is 11.8 Å². The van der Waals surface area contributed by atoms with E-state index < -0.39 is 0 Å². The van der Waals surface area contributed by atoms with Crippen molar-refractivity contribution in [3.63, 3.8) is 0 Å². The van der Waals surface area contributed by atoms with Crippen LogP contribution in [0.2, 0.25) is 0 Å². The molecule has 0 fully saturated rings. The number of ether oxygens (including phenoxy) is 1. The molecular weight excluding hydrogens is 318 g/mol. The molecule has 0 aliphatic heterocycles. The Labute approximate surface area is 156 Å². The van der Waals surface area contributed by atoms with Crippen LogP contribution >= 0.6 is 0 Å². The van der Waals surface area contributed by atoms with Gasteiger partial charge in [-0.15, -0.1) is 0 Å². The van der Waals surface area contributed by atoms with Crippen molar-refractivity contribution >= 4 is 10.8 Å². The van der Waals surface area contributed by atoms with Gasteiger partial charge in [-0.3, -0.25) is 0 Å². The summed E-state index contributed by atoms with van der Waals surface area (Å²) in [5, 5.41) is 11.1. The number of nitriles is 1. The predicted octanol–water partition coefficient (Wildman–Crippen LogP) is 6.41. The molecule has 0 aromatic heterocycles. The van der Waals surface area contributed by atoms with Crippen molar-refractivity contribution in [3.05, 3.63) is 77.4 Å². The first-order valence-electron chi connectivity index (χ1n) is 9.43. The van der Waals surface area contributed by atoms with Gasteiger partial charge >= 0.3 is 0 Å². The Balaban J connectivity index is 1.56. The molecule has 26 heavy (non-hydrogen) atoms. The third-order valence-corrected chi connectivity index (χ3v) is 4.69. The van der Waals surface area contributed by atoms with Crippen LogP contribution < -0.4 is 4.74 Å².